The van der Waals surface area contributed by atoms with Gasteiger partial charge in [0, 0.05) is 19.6 Å². The van der Waals surface area contributed by atoms with Gasteiger partial charge in [0.2, 0.25) is 5.95 Å². The monoisotopic (exact) mass is 432 g/mol. The summed E-state index contributed by atoms with van der Waals surface area (Å²) in [7, 11) is 1.66. The first-order valence-corrected chi connectivity index (χ1v) is 11.1. The molecule has 2 aliphatic heterocycles. The Kier molecular flexibility index (Phi) is 6.18. The molecule has 2 aliphatic rings. The Morgan fingerprint density at radius 2 is 1.38 bits per heavy atom. The second-order valence-corrected chi connectivity index (χ2v) is 7.99. The van der Waals surface area contributed by atoms with Crippen LogP contribution in [0.5, 0.6) is 5.75 Å². The molecular weight excluding hydrogens is 404 g/mol. The van der Waals surface area contributed by atoms with Gasteiger partial charge in [-0.1, -0.05) is 60.7 Å². The second-order valence-electron chi connectivity index (χ2n) is 7.99. The zero-order valence-corrected chi connectivity index (χ0v) is 18.3. The fourth-order valence-electron chi connectivity index (χ4n) is 4.29. The van der Waals surface area contributed by atoms with Gasteiger partial charge >= 0.3 is 0 Å². The number of nitrogens with zero attached hydrogens (tertiary/aromatic N) is 4. The van der Waals surface area contributed by atoms with Gasteiger partial charge in [-0.15, -0.1) is 0 Å². The lowest BCUT2D eigenvalue weighted by atomic mass is 10.1. The Labute approximate surface area is 188 Å². The molecule has 2 unspecified atom stereocenters. The number of benzene rings is 2. The van der Waals surface area contributed by atoms with Crippen LogP contribution in [0.3, 0.4) is 0 Å². The maximum atomic E-state index is 6.05. The zero-order chi connectivity index (χ0) is 21.8. The van der Waals surface area contributed by atoms with Crippen molar-refractivity contribution in [3.8, 4) is 5.75 Å². The third-order valence-corrected chi connectivity index (χ3v) is 6.00. The summed E-state index contributed by atoms with van der Waals surface area (Å²) in [6.45, 7) is 4.21. The highest BCUT2D eigenvalue weighted by molar-refractivity contribution is 5.55. The van der Waals surface area contributed by atoms with E-state index in [1.807, 2.05) is 36.4 Å². The first-order chi connectivity index (χ1) is 15.8. The minimum Gasteiger partial charge on any atom is -0.491 e. The summed E-state index contributed by atoms with van der Waals surface area (Å²) in [6.07, 6.45) is 1.78. The van der Waals surface area contributed by atoms with Crippen LogP contribution in [-0.2, 0) is 9.47 Å². The summed E-state index contributed by atoms with van der Waals surface area (Å²) >= 11 is 0. The minimum absolute atomic E-state index is 0.00100. The van der Waals surface area contributed by atoms with Crippen LogP contribution in [0.4, 0.5) is 11.8 Å². The molecule has 1 aromatic heterocycles. The molecule has 0 bridgehead atoms. The molecule has 3 aromatic rings. The minimum atomic E-state index is -0.00100. The molecule has 2 saturated heterocycles. The Morgan fingerprint density at radius 1 is 0.812 bits per heavy atom. The highest BCUT2D eigenvalue weighted by Gasteiger charge is 2.28. The van der Waals surface area contributed by atoms with Gasteiger partial charge in [0.1, 0.15) is 12.2 Å². The maximum absolute atomic E-state index is 6.05. The van der Waals surface area contributed by atoms with Gasteiger partial charge in [-0.2, -0.15) is 4.98 Å². The van der Waals surface area contributed by atoms with Crippen LogP contribution in [0.1, 0.15) is 23.3 Å². The van der Waals surface area contributed by atoms with E-state index in [9.17, 15) is 0 Å². The summed E-state index contributed by atoms with van der Waals surface area (Å²) in [5, 5.41) is 0. The van der Waals surface area contributed by atoms with Crippen molar-refractivity contribution in [1.82, 2.24) is 9.97 Å². The molecule has 0 aliphatic carbocycles. The molecule has 5 rings (SSSR count). The van der Waals surface area contributed by atoms with Gasteiger partial charge in [-0.05, 0) is 11.1 Å². The predicted molar refractivity (Wildman–Crippen MR) is 123 cm³/mol. The molecule has 2 aromatic carbocycles. The van der Waals surface area contributed by atoms with Crippen LogP contribution in [-0.4, -0.2) is 56.5 Å². The Balaban J connectivity index is 1.38. The molecule has 2 atom stereocenters. The molecule has 0 spiro atoms. The molecule has 32 heavy (non-hydrogen) atoms. The van der Waals surface area contributed by atoms with Crippen LogP contribution in [0.2, 0.25) is 0 Å². The summed E-state index contributed by atoms with van der Waals surface area (Å²) in [5.41, 5.74) is 2.34. The topological polar surface area (TPSA) is 60.0 Å². The molecule has 0 N–H and O–H groups in total. The van der Waals surface area contributed by atoms with E-state index in [1.54, 1.807) is 13.3 Å². The van der Waals surface area contributed by atoms with E-state index >= 15 is 0 Å². The van der Waals surface area contributed by atoms with E-state index in [2.05, 4.69) is 39.0 Å². The van der Waals surface area contributed by atoms with Crippen molar-refractivity contribution in [1.29, 1.82) is 0 Å². The van der Waals surface area contributed by atoms with E-state index < -0.39 is 0 Å². The molecule has 0 saturated carbocycles. The van der Waals surface area contributed by atoms with Crippen molar-refractivity contribution in [2.45, 2.75) is 12.2 Å². The Morgan fingerprint density at radius 3 is 1.97 bits per heavy atom. The Bertz CT molecular complexity index is 1020. The average molecular weight is 433 g/mol. The fraction of sp³-hybridized carbons (Fsp3) is 0.360. The van der Waals surface area contributed by atoms with Crippen LogP contribution in [0, 0.1) is 0 Å². The van der Waals surface area contributed by atoms with Gasteiger partial charge in [0.25, 0.3) is 0 Å². The van der Waals surface area contributed by atoms with Crippen molar-refractivity contribution >= 4 is 11.8 Å². The normalized spacial score (nSPS) is 21.4. The predicted octanol–water partition coefficient (Wildman–Crippen LogP) is 3.64. The van der Waals surface area contributed by atoms with E-state index in [0.717, 1.165) is 18.9 Å². The second kappa shape index (κ2) is 9.54. The maximum Gasteiger partial charge on any atom is 0.227 e. The number of hydrogen-bond acceptors (Lipinski definition) is 7. The lowest BCUT2D eigenvalue weighted by Gasteiger charge is -2.36. The molecular formula is C25H28N4O3. The largest absolute Gasteiger partial charge is 0.491 e. The number of hydrogen-bond donors (Lipinski definition) is 0. The molecule has 7 nitrogen and oxygen atoms in total. The fourth-order valence-corrected chi connectivity index (χ4v) is 4.29. The number of ether oxygens (including phenoxy) is 3. The average Bonchev–Trinajstić information content (AvgIpc) is 2.89. The van der Waals surface area contributed by atoms with Crippen LogP contribution < -0.4 is 14.5 Å². The summed E-state index contributed by atoms with van der Waals surface area (Å²) in [6, 6.07) is 20.6. The molecule has 0 radical (unpaired) electrons. The van der Waals surface area contributed by atoms with Gasteiger partial charge in [-0.25, -0.2) is 4.98 Å². The first kappa shape index (κ1) is 20.7. The number of aromatic nitrogens is 2. The van der Waals surface area contributed by atoms with E-state index in [0.29, 0.717) is 38.0 Å². The molecule has 7 heteroatoms. The standard InChI is InChI=1S/C25H28N4O3/c1-30-21-16-26-25(29-13-15-32-23(18-29)20-10-6-3-7-11-20)27-24(21)28-12-14-31-22(17-28)19-8-4-2-5-9-19/h2-11,16,22-23H,12-15,17-18H2,1H3. The lowest BCUT2D eigenvalue weighted by molar-refractivity contribution is 0.0386. The van der Waals surface area contributed by atoms with E-state index in [4.69, 9.17) is 19.2 Å². The third-order valence-electron chi connectivity index (χ3n) is 6.00. The van der Waals surface area contributed by atoms with Crippen LogP contribution in [0.15, 0.2) is 66.9 Å². The van der Waals surface area contributed by atoms with Crippen molar-refractivity contribution in [2.75, 3.05) is 56.3 Å². The number of rotatable bonds is 5. The molecule has 166 valence electrons. The number of methoxy groups -OCH3 is 1. The van der Waals surface area contributed by atoms with Crippen molar-refractivity contribution in [3.05, 3.63) is 78.0 Å². The van der Waals surface area contributed by atoms with Gasteiger partial charge < -0.3 is 24.0 Å². The molecule has 0 amide bonds. The Hall–Kier alpha value is -3.16. The molecule has 3 heterocycles. The van der Waals surface area contributed by atoms with Gasteiger partial charge in [0.05, 0.1) is 33.1 Å². The van der Waals surface area contributed by atoms with Gasteiger partial charge in [0.15, 0.2) is 11.6 Å². The van der Waals surface area contributed by atoms with Crippen molar-refractivity contribution in [3.63, 3.8) is 0 Å². The summed E-state index contributed by atoms with van der Waals surface area (Å²) in [5.74, 6) is 2.19. The van der Waals surface area contributed by atoms with Crippen LogP contribution in [0.25, 0.3) is 0 Å². The lowest BCUT2D eigenvalue weighted by Crippen LogP contribution is -2.41. The van der Waals surface area contributed by atoms with E-state index in [-0.39, 0.29) is 12.2 Å². The highest BCUT2D eigenvalue weighted by Crippen LogP contribution is 2.33. The summed E-state index contributed by atoms with van der Waals surface area (Å²) in [4.78, 5) is 14.0. The third kappa shape index (κ3) is 4.40. The first-order valence-electron chi connectivity index (χ1n) is 11.1. The van der Waals surface area contributed by atoms with E-state index in [1.165, 1.54) is 11.1 Å². The quantitative estimate of drug-likeness (QED) is 0.610. The summed E-state index contributed by atoms with van der Waals surface area (Å²) < 4.78 is 17.7. The smallest absolute Gasteiger partial charge is 0.227 e. The highest BCUT2D eigenvalue weighted by atomic mass is 16.5. The van der Waals surface area contributed by atoms with Crippen molar-refractivity contribution in [2.24, 2.45) is 0 Å². The zero-order valence-electron chi connectivity index (χ0n) is 18.3. The SMILES string of the molecule is COc1cnc(N2CCOC(c3ccccc3)C2)nc1N1CCOC(c2ccccc2)C1. The van der Waals surface area contributed by atoms with Gasteiger partial charge in [-0.3, -0.25) is 0 Å². The van der Waals surface area contributed by atoms with Crippen molar-refractivity contribution < 1.29 is 14.2 Å². The number of anilines is 2. The van der Waals surface area contributed by atoms with Crippen LogP contribution >= 0.6 is 0 Å². The molecule has 2 fully saturated rings. The number of morpholine rings is 2.